The van der Waals surface area contributed by atoms with Crippen molar-refractivity contribution in [3.8, 4) is 11.4 Å². The molecule has 22 heavy (non-hydrogen) atoms. The molecule has 2 heterocycles. The molecule has 1 aromatic heterocycles. The largest absolute Gasteiger partial charge is 0.352 e. The van der Waals surface area contributed by atoms with E-state index in [0.717, 1.165) is 31.6 Å². The SMILES string of the molecule is CN1CCC(CNC(=O)c2ccc(-c3nnn(C)n3)cc2)C1. The van der Waals surface area contributed by atoms with Crippen LogP contribution >= 0.6 is 0 Å². The summed E-state index contributed by atoms with van der Waals surface area (Å²) in [4.78, 5) is 15.9. The zero-order valence-electron chi connectivity index (χ0n) is 12.9. The van der Waals surface area contributed by atoms with Crippen LogP contribution in [0, 0.1) is 5.92 Å². The third kappa shape index (κ3) is 3.30. The number of carbonyl (C=O) groups is 1. The number of aromatic nitrogens is 4. The first kappa shape index (κ1) is 14.6. The Morgan fingerprint density at radius 2 is 2.09 bits per heavy atom. The summed E-state index contributed by atoms with van der Waals surface area (Å²) < 4.78 is 0. The van der Waals surface area contributed by atoms with Crippen LogP contribution in [0.25, 0.3) is 11.4 Å². The van der Waals surface area contributed by atoms with E-state index in [4.69, 9.17) is 0 Å². The van der Waals surface area contributed by atoms with Crippen molar-refractivity contribution in [1.29, 1.82) is 0 Å². The topological polar surface area (TPSA) is 75.9 Å². The fourth-order valence-electron chi connectivity index (χ4n) is 2.70. The Bertz CT molecular complexity index is 650. The molecule has 1 aliphatic heterocycles. The highest BCUT2D eigenvalue weighted by Gasteiger charge is 2.20. The summed E-state index contributed by atoms with van der Waals surface area (Å²) in [6.07, 6.45) is 1.15. The first-order valence-electron chi connectivity index (χ1n) is 7.43. The Labute approximate surface area is 129 Å². The molecule has 7 nitrogen and oxygen atoms in total. The van der Waals surface area contributed by atoms with Crippen molar-refractivity contribution in [3.63, 3.8) is 0 Å². The second-order valence-corrected chi connectivity index (χ2v) is 5.81. The van der Waals surface area contributed by atoms with Gasteiger partial charge in [0.05, 0.1) is 7.05 Å². The minimum atomic E-state index is -0.0341. The van der Waals surface area contributed by atoms with Gasteiger partial charge >= 0.3 is 0 Å². The van der Waals surface area contributed by atoms with E-state index in [2.05, 4.69) is 32.7 Å². The van der Waals surface area contributed by atoms with Gasteiger partial charge in [0.25, 0.3) is 5.91 Å². The van der Waals surface area contributed by atoms with Gasteiger partial charge in [-0.2, -0.15) is 4.80 Å². The van der Waals surface area contributed by atoms with Crippen molar-refractivity contribution in [1.82, 2.24) is 30.4 Å². The van der Waals surface area contributed by atoms with E-state index in [1.165, 1.54) is 4.80 Å². The standard InChI is InChI=1S/C15H20N6O/c1-20-8-7-11(10-20)9-16-15(22)13-5-3-12(4-6-13)14-17-19-21(2)18-14/h3-6,11H,7-10H2,1-2H3,(H,16,22). The fourth-order valence-corrected chi connectivity index (χ4v) is 2.70. The van der Waals surface area contributed by atoms with Crippen molar-refractivity contribution in [2.24, 2.45) is 13.0 Å². The van der Waals surface area contributed by atoms with Gasteiger partial charge in [-0.15, -0.1) is 10.2 Å². The third-order valence-corrected chi connectivity index (χ3v) is 3.95. The van der Waals surface area contributed by atoms with E-state index in [1.54, 1.807) is 19.2 Å². The highest BCUT2D eigenvalue weighted by molar-refractivity contribution is 5.94. The van der Waals surface area contributed by atoms with Crippen molar-refractivity contribution in [3.05, 3.63) is 29.8 Å². The highest BCUT2D eigenvalue weighted by atomic mass is 16.1. The summed E-state index contributed by atoms with van der Waals surface area (Å²) in [5.41, 5.74) is 1.50. The monoisotopic (exact) mass is 300 g/mol. The van der Waals surface area contributed by atoms with Crippen LogP contribution in [0.2, 0.25) is 0 Å². The Morgan fingerprint density at radius 1 is 1.32 bits per heavy atom. The molecule has 1 aromatic carbocycles. The quantitative estimate of drug-likeness (QED) is 0.893. The number of carbonyl (C=O) groups excluding carboxylic acids is 1. The van der Waals surface area contributed by atoms with Gasteiger partial charge in [0.15, 0.2) is 0 Å². The van der Waals surface area contributed by atoms with Gasteiger partial charge in [-0.1, -0.05) is 12.1 Å². The maximum absolute atomic E-state index is 12.2. The minimum absolute atomic E-state index is 0.0341. The van der Waals surface area contributed by atoms with Gasteiger partial charge in [0.2, 0.25) is 5.82 Å². The number of rotatable bonds is 4. The third-order valence-electron chi connectivity index (χ3n) is 3.95. The molecular formula is C15H20N6O. The Hall–Kier alpha value is -2.28. The zero-order valence-corrected chi connectivity index (χ0v) is 12.9. The van der Waals surface area contributed by atoms with Crippen LogP contribution < -0.4 is 5.32 Å². The van der Waals surface area contributed by atoms with Gasteiger partial charge in [0, 0.05) is 24.2 Å². The summed E-state index contributed by atoms with van der Waals surface area (Å²) in [5.74, 6) is 1.08. The van der Waals surface area contributed by atoms with E-state index >= 15 is 0 Å². The smallest absolute Gasteiger partial charge is 0.251 e. The molecule has 1 aliphatic rings. The zero-order chi connectivity index (χ0) is 15.5. The average molecular weight is 300 g/mol. The molecule has 1 amide bonds. The van der Waals surface area contributed by atoms with Crippen LogP contribution in [0.5, 0.6) is 0 Å². The molecule has 1 fully saturated rings. The molecule has 7 heteroatoms. The lowest BCUT2D eigenvalue weighted by Crippen LogP contribution is -2.30. The molecule has 3 rings (SSSR count). The van der Waals surface area contributed by atoms with E-state index in [1.807, 2.05) is 12.1 Å². The van der Waals surface area contributed by atoms with Gasteiger partial charge in [0.1, 0.15) is 0 Å². The van der Waals surface area contributed by atoms with Gasteiger partial charge < -0.3 is 10.2 Å². The summed E-state index contributed by atoms with van der Waals surface area (Å²) in [7, 11) is 3.83. The summed E-state index contributed by atoms with van der Waals surface area (Å²) in [5, 5.41) is 14.9. The molecule has 1 saturated heterocycles. The number of tetrazole rings is 1. The van der Waals surface area contributed by atoms with Crippen molar-refractivity contribution < 1.29 is 4.79 Å². The summed E-state index contributed by atoms with van der Waals surface area (Å²) in [6.45, 7) is 2.90. The lowest BCUT2D eigenvalue weighted by molar-refractivity contribution is 0.0947. The van der Waals surface area contributed by atoms with Crippen LogP contribution in [0.1, 0.15) is 16.8 Å². The van der Waals surface area contributed by atoms with Gasteiger partial charge in [-0.3, -0.25) is 4.79 Å². The predicted octanol–water partition coefficient (Wildman–Crippen LogP) is 0.559. The number of nitrogens with zero attached hydrogens (tertiary/aromatic N) is 5. The molecule has 0 spiro atoms. The van der Waals surface area contributed by atoms with E-state index in [0.29, 0.717) is 17.3 Å². The van der Waals surface area contributed by atoms with Gasteiger partial charge in [-0.05, 0) is 43.3 Å². The van der Waals surface area contributed by atoms with E-state index < -0.39 is 0 Å². The van der Waals surface area contributed by atoms with E-state index in [-0.39, 0.29) is 5.91 Å². The number of benzene rings is 1. The Balaban J connectivity index is 1.59. The summed E-state index contributed by atoms with van der Waals surface area (Å²) in [6, 6.07) is 7.27. The molecular weight excluding hydrogens is 280 g/mol. The van der Waals surface area contributed by atoms with Crippen molar-refractivity contribution in [2.75, 3.05) is 26.7 Å². The molecule has 1 atom stereocenters. The molecule has 0 radical (unpaired) electrons. The average Bonchev–Trinajstić information content (AvgIpc) is 3.13. The molecule has 2 aromatic rings. The summed E-state index contributed by atoms with van der Waals surface area (Å²) >= 11 is 0. The van der Waals surface area contributed by atoms with E-state index in [9.17, 15) is 4.79 Å². The fraction of sp³-hybridized carbons (Fsp3) is 0.467. The first-order chi connectivity index (χ1) is 10.6. The van der Waals surface area contributed by atoms with Crippen LogP contribution in [0.4, 0.5) is 0 Å². The second-order valence-electron chi connectivity index (χ2n) is 5.81. The predicted molar refractivity (Wildman–Crippen MR) is 82.2 cm³/mol. The maximum Gasteiger partial charge on any atom is 0.251 e. The molecule has 0 aliphatic carbocycles. The normalized spacial score (nSPS) is 18.5. The van der Waals surface area contributed by atoms with Crippen LogP contribution in [-0.4, -0.2) is 57.7 Å². The highest BCUT2D eigenvalue weighted by Crippen LogP contribution is 2.15. The van der Waals surface area contributed by atoms with Crippen LogP contribution in [0.3, 0.4) is 0 Å². The second kappa shape index (κ2) is 6.23. The molecule has 1 N–H and O–H groups in total. The number of hydrogen-bond acceptors (Lipinski definition) is 5. The van der Waals surface area contributed by atoms with Crippen LogP contribution in [-0.2, 0) is 7.05 Å². The first-order valence-corrected chi connectivity index (χ1v) is 7.43. The Kier molecular flexibility index (Phi) is 4.15. The lowest BCUT2D eigenvalue weighted by atomic mass is 10.1. The van der Waals surface area contributed by atoms with Crippen molar-refractivity contribution >= 4 is 5.91 Å². The number of amides is 1. The molecule has 1 unspecified atom stereocenters. The number of nitrogens with one attached hydrogen (secondary N) is 1. The molecule has 0 bridgehead atoms. The molecule has 0 saturated carbocycles. The number of likely N-dealkylation sites (tertiary alicyclic amines) is 1. The minimum Gasteiger partial charge on any atom is -0.352 e. The number of aryl methyl sites for hydroxylation is 1. The van der Waals surface area contributed by atoms with Crippen molar-refractivity contribution in [2.45, 2.75) is 6.42 Å². The maximum atomic E-state index is 12.2. The van der Waals surface area contributed by atoms with Gasteiger partial charge in [-0.25, -0.2) is 0 Å². The Morgan fingerprint density at radius 3 is 2.68 bits per heavy atom. The number of hydrogen-bond donors (Lipinski definition) is 1. The van der Waals surface area contributed by atoms with Crippen LogP contribution in [0.15, 0.2) is 24.3 Å². The molecule has 116 valence electrons. The lowest BCUT2D eigenvalue weighted by Gasteiger charge is -2.11.